The lowest BCUT2D eigenvalue weighted by Crippen LogP contribution is -2.41. The first-order valence-corrected chi connectivity index (χ1v) is 7.11. The first-order chi connectivity index (χ1) is 7.69. The molecule has 1 heterocycles. The van der Waals surface area contributed by atoms with Gasteiger partial charge in [-0.25, -0.2) is 0 Å². The zero-order valence-electron chi connectivity index (χ0n) is 10.3. The highest BCUT2D eigenvalue weighted by Gasteiger charge is 2.36. The number of rotatable bonds is 8. The molecule has 0 spiro atoms. The summed E-state index contributed by atoms with van der Waals surface area (Å²) >= 11 is 0. The van der Waals surface area contributed by atoms with Gasteiger partial charge in [-0.3, -0.25) is 0 Å². The maximum Gasteiger partial charge on any atom is 0.532 e. The van der Waals surface area contributed by atoms with Crippen LogP contribution in [0.3, 0.4) is 0 Å². The number of hydrogen-bond donors (Lipinski definition) is 0. The van der Waals surface area contributed by atoms with Gasteiger partial charge in [0.2, 0.25) is 0 Å². The summed E-state index contributed by atoms with van der Waals surface area (Å²) in [4.78, 5) is 0. The van der Waals surface area contributed by atoms with Crippen LogP contribution < -0.4 is 0 Å². The fraction of sp³-hybridized carbons (Fsp3) is 0.800. The van der Waals surface area contributed by atoms with Crippen LogP contribution in [0.25, 0.3) is 0 Å². The van der Waals surface area contributed by atoms with E-state index in [4.69, 9.17) is 22.8 Å². The van der Waals surface area contributed by atoms with Gasteiger partial charge in [0.25, 0.3) is 0 Å². The van der Waals surface area contributed by atoms with Gasteiger partial charge in [-0.15, -0.1) is 0 Å². The third kappa shape index (κ3) is 3.87. The van der Waals surface area contributed by atoms with Gasteiger partial charge in [0.15, 0.2) is 0 Å². The maximum absolute atomic E-state index is 5.61. The molecule has 1 rings (SSSR count). The molecule has 0 N–H and O–H groups in total. The summed E-state index contributed by atoms with van der Waals surface area (Å²) in [5, 5.41) is 0. The molecule has 94 valence electrons. The second kappa shape index (κ2) is 6.36. The van der Waals surface area contributed by atoms with Crippen molar-refractivity contribution in [3.05, 3.63) is 11.5 Å². The minimum atomic E-state index is -2.68. The first-order valence-electron chi connectivity index (χ1n) is 5.31. The molecule has 1 aliphatic heterocycles. The van der Waals surface area contributed by atoms with Crippen LogP contribution in [0.5, 0.6) is 0 Å². The monoisotopic (exact) mass is 248 g/mol. The molecule has 0 aromatic carbocycles. The van der Waals surface area contributed by atoms with Gasteiger partial charge >= 0.3 is 8.80 Å². The van der Waals surface area contributed by atoms with Crippen molar-refractivity contribution in [1.82, 2.24) is 0 Å². The molecule has 0 bridgehead atoms. The molecule has 1 atom stereocenters. The van der Waals surface area contributed by atoms with Crippen molar-refractivity contribution in [2.45, 2.75) is 19.4 Å². The Morgan fingerprint density at radius 1 is 1.31 bits per heavy atom. The number of allylic oxidation sites excluding steroid dienone is 1. The predicted octanol–water partition coefficient (Wildman–Crippen LogP) is 1.11. The number of ether oxygens (including phenoxy) is 2. The van der Waals surface area contributed by atoms with Crippen LogP contribution in [0.15, 0.2) is 11.5 Å². The Kier molecular flexibility index (Phi) is 5.43. The summed E-state index contributed by atoms with van der Waals surface area (Å²) in [7, 11) is 2.05. The minimum Gasteiger partial charge on any atom is -0.496 e. The molecule has 5 nitrogen and oxygen atoms in total. The lowest BCUT2D eigenvalue weighted by atomic mass is 10.4. The minimum absolute atomic E-state index is 0.249. The molecule has 16 heavy (non-hydrogen) atoms. The highest BCUT2D eigenvalue weighted by Crippen LogP contribution is 2.17. The smallest absolute Gasteiger partial charge is 0.496 e. The Morgan fingerprint density at radius 3 is 2.25 bits per heavy atom. The molecule has 0 amide bonds. The molecule has 1 fully saturated rings. The van der Waals surface area contributed by atoms with Crippen molar-refractivity contribution in [2.75, 3.05) is 34.5 Å². The number of hydrogen-bond acceptors (Lipinski definition) is 5. The van der Waals surface area contributed by atoms with Crippen molar-refractivity contribution < 1.29 is 22.8 Å². The standard InChI is InChI=1S/C10H20O5Si/c1-5-9(14-6-10-7-15-10)8-16(11-2,12-3)13-4/h8,10H,5-7H2,1-4H3/b9-8+. The lowest BCUT2D eigenvalue weighted by Gasteiger charge is -2.22. The van der Waals surface area contributed by atoms with E-state index in [1.807, 2.05) is 12.6 Å². The van der Waals surface area contributed by atoms with Gasteiger partial charge < -0.3 is 22.8 Å². The molecule has 0 aromatic rings. The van der Waals surface area contributed by atoms with E-state index in [9.17, 15) is 0 Å². The first kappa shape index (κ1) is 13.7. The third-order valence-corrected chi connectivity index (χ3v) is 4.78. The van der Waals surface area contributed by atoms with Crippen molar-refractivity contribution in [2.24, 2.45) is 0 Å². The lowest BCUT2D eigenvalue weighted by molar-refractivity contribution is 0.132. The Balaban J connectivity index is 2.57. The zero-order chi connectivity index (χ0) is 12.0. The van der Waals surface area contributed by atoms with Gasteiger partial charge in [-0.1, -0.05) is 6.92 Å². The van der Waals surface area contributed by atoms with Gasteiger partial charge in [-0.2, -0.15) is 0 Å². The van der Waals surface area contributed by atoms with Gasteiger partial charge in [0.1, 0.15) is 12.7 Å². The van der Waals surface area contributed by atoms with E-state index in [-0.39, 0.29) is 6.10 Å². The summed E-state index contributed by atoms with van der Waals surface area (Å²) in [6.07, 6.45) is 1.02. The van der Waals surface area contributed by atoms with Gasteiger partial charge in [0.05, 0.1) is 12.4 Å². The van der Waals surface area contributed by atoms with Crippen LogP contribution >= 0.6 is 0 Å². The van der Waals surface area contributed by atoms with E-state index >= 15 is 0 Å². The number of epoxide rings is 1. The SMILES string of the molecule is CC/C(=C\[Si](OC)(OC)OC)OCC1CO1. The molecule has 0 aliphatic carbocycles. The van der Waals surface area contributed by atoms with E-state index in [2.05, 4.69) is 0 Å². The van der Waals surface area contributed by atoms with E-state index in [1.54, 1.807) is 21.3 Å². The van der Waals surface area contributed by atoms with Gasteiger partial charge in [0, 0.05) is 33.4 Å². The fourth-order valence-corrected chi connectivity index (χ4v) is 2.77. The van der Waals surface area contributed by atoms with Crippen LogP contribution in [-0.2, 0) is 22.8 Å². The van der Waals surface area contributed by atoms with Gasteiger partial charge in [-0.05, 0) is 0 Å². The summed E-state index contributed by atoms with van der Waals surface area (Å²) in [5.41, 5.74) is 1.83. The zero-order valence-corrected chi connectivity index (χ0v) is 11.3. The molecule has 6 heteroatoms. The third-order valence-electron chi connectivity index (χ3n) is 2.40. The average Bonchev–Trinajstić information content (AvgIpc) is 3.14. The Labute approximate surface area is 97.6 Å². The van der Waals surface area contributed by atoms with Crippen LogP contribution in [0.1, 0.15) is 13.3 Å². The molecule has 0 aromatic heterocycles. The predicted molar refractivity (Wildman–Crippen MR) is 60.8 cm³/mol. The Bertz CT molecular complexity index is 227. The van der Waals surface area contributed by atoms with Crippen molar-refractivity contribution in [3.8, 4) is 0 Å². The van der Waals surface area contributed by atoms with Crippen LogP contribution in [-0.4, -0.2) is 49.5 Å². The second-order valence-corrected chi connectivity index (χ2v) is 6.17. The summed E-state index contributed by atoms with van der Waals surface area (Å²) in [6.45, 7) is 3.39. The van der Waals surface area contributed by atoms with E-state index in [0.717, 1.165) is 18.8 Å². The fourth-order valence-electron chi connectivity index (χ4n) is 1.23. The average molecular weight is 248 g/mol. The van der Waals surface area contributed by atoms with E-state index in [1.165, 1.54) is 0 Å². The molecular weight excluding hydrogens is 228 g/mol. The molecule has 0 saturated carbocycles. The van der Waals surface area contributed by atoms with E-state index in [0.29, 0.717) is 6.61 Å². The largest absolute Gasteiger partial charge is 0.532 e. The molecular formula is C10H20O5Si. The van der Waals surface area contributed by atoms with E-state index < -0.39 is 8.80 Å². The highest BCUT2D eigenvalue weighted by atomic mass is 28.4. The van der Waals surface area contributed by atoms with Crippen LogP contribution in [0.2, 0.25) is 0 Å². The van der Waals surface area contributed by atoms with Crippen LogP contribution in [0, 0.1) is 0 Å². The molecule has 1 saturated heterocycles. The summed E-state index contributed by atoms with van der Waals surface area (Å²) in [6, 6.07) is 0. The van der Waals surface area contributed by atoms with Crippen molar-refractivity contribution in [1.29, 1.82) is 0 Å². The topological polar surface area (TPSA) is 49.5 Å². The highest BCUT2D eigenvalue weighted by molar-refractivity contribution is 6.66. The summed E-state index contributed by atoms with van der Waals surface area (Å²) in [5.74, 6) is 0.827. The van der Waals surface area contributed by atoms with Crippen molar-refractivity contribution in [3.63, 3.8) is 0 Å². The maximum atomic E-state index is 5.61. The Hall–Kier alpha value is -0.403. The molecule has 0 radical (unpaired) electrons. The van der Waals surface area contributed by atoms with Crippen LogP contribution in [0.4, 0.5) is 0 Å². The Morgan fingerprint density at radius 2 is 1.88 bits per heavy atom. The summed E-state index contributed by atoms with van der Waals surface area (Å²) < 4.78 is 26.6. The molecule has 1 aliphatic rings. The normalized spacial score (nSPS) is 21.0. The quantitative estimate of drug-likeness (QED) is 0.366. The second-order valence-electron chi connectivity index (χ2n) is 3.45. The van der Waals surface area contributed by atoms with Crippen molar-refractivity contribution >= 4 is 8.80 Å². The molecule has 1 unspecified atom stereocenters.